The molecule has 0 radical (unpaired) electrons. The van der Waals surface area contributed by atoms with Crippen LogP contribution in [0.5, 0.6) is 0 Å². The van der Waals surface area contributed by atoms with Gasteiger partial charge in [-0.2, -0.15) is 0 Å². The zero-order valence-corrected chi connectivity index (χ0v) is 34.4. The van der Waals surface area contributed by atoms with Crippen molar-refractivity contribution in [3.63, 3.8) is 0 Å². The Hall–Kier alpha value is -6.64. The summed E-state index contributed by atoms with van der Waals surface area (Å²) >= 11 is 0. The number of hydrogen-bond donors (Lipinski definition) is 0. The van der Waals surface area contributed by atoms with Crippen molar-refractivity contribution in [3.05, 3.63) is 229 Å². The highest BCUT2D eigenvalue weighted by molar-refractivity contribution is 6.10. The van der Waals surface area contributed by atoms with Crippen LogP contribution in [0.25, 0.3) is 55.0 Å². The Morgan fingerprint density at radius 3 is 1.00 bits per heavy atom. The average molecular weight is 777 g/mol. The summed E-state index contributed by atoms with van der Waals surface area (Å²) in [6.45, 7) is 0. The van der Waals surface area contributed by atoms with Crippen molar-refractivity contribution in [2.45, 2.75) is 63.2 Å². The van der Waals surface area contributed by atoms with Crippen molar-refractivity contribution in [2.24, 2.45) is 0 Å². The first-order valence-corrected chi connectivity index (χ1v) is 22.1. The number of aromatic nitrogens is 2. The molecule has 8 aromatic carbocycles. The fourth-order valence-electron chi connectivity index (χ4n) is 10.2. The summed E-state index contributed by atoms with van der Waals surface area (Å²) in [6, 6.07) is 76.3. The minimum Gasteiger partial charge on any atom is -0.309 e. The quantitative estimate of drug-likeness (QED) is 0.0725. The molecule has 0 aliphatic rings. The van der Waals surface area contributed by atoms with Crippen LogP contribution in [0.15, 0.2) is 206 Å². The molecule has 10 aromatic rings. The van der Waals surface area contributed by atoms with Gasteiger partial charge in [-0.3, -0.25) is 0 Å². The third kappa shape index (κ3) is 7.01. The van der Waals surface area contributed by atoms with E-state index in [-0.39, 0.29) is 5.41 Å². The first-order valence-electron chi connectivity index (χ1n) is 22.1. The third-order valence-corrected chi connectivity index (χ3v) is 13.0. The molecule has 0 aliphatic carbocycles. The molecular weight excluding hydrogens is 725 g/mol. The van der Waals surface area contributed by atoms with E-state index in [4.69, 9.17) is 0 Å². The molecule has 2 aromatic heterocycles. The number of rotatable bonds is 15. The molecule has 0 saturated heterocycles. The van der Waals surface area contributed by atoms with Crippen LogP contribution < -0.4 is 0 Å². The molecule has 2 heterocycles. The van der Waals surface area contributed by atoms with Crippen molar-refractivity contribution >= 4 is 43.6 Å². The third-order valence-electron chi connectivity index (χ3n) is 13.0. The molecule has 0 amide bonds. The molecule has 0 spiro atoms. The molecule has 0 fully saturated rings. The van der Waals surface area contributed by atoms with Crippen molar-refractivity contribution in [3.8, 4) is 11.4 Å². The number of hydrogen-bond acceptors (Lipinski definition) is 0. The Balaban J connectivity index is 0.871. The minimum atomic E-state index is -0.157. The largest absolute Gasteiger partial charge is 0.309 e. The van der Waals surface area contributed by atoms with E-state index in [2.05, 4.69) is 215 Å². The lowest BCUT2D eigenvalue weighted by Crippen LogP contribution is -2.29. The van der Waals surface area contributed by atoms with Gasteiger partial charge in [-0.1, -0.05) is 202 Å². The van der Waals surface area contributed by atoms with Crippen LogP contribution in [0.3, 0.4) is 0 Å². The van der Waals surface area contributed by atoms with E-state index in [0.717, 1.165) is 12.8 Å². The summed E-state index contributed by atoms with van der Waals surface area (Å²) < 4.78 is 4.96. The standard InChI is InChI=1S/C58H52N2/c1(3-5-24-40-58(45-26-10-6-11-27-45,46-28-12-7-13-29-46)47-30-14-8-15-31-47)2-4-9-25-44-41-48(59-54-36-20-16-32-50(54)51-33-17-21-37-55(51)59)43-49(42-44)60-56-38-22-18-34-52(56)53-35-19-23-39-57(53)60/h6-8,10-23,26-39,41-43H,1-5,9,24-25,40H2. The maximum atomic E-state index is 2.48. The summed E-state index contributed by atoms with van der Waals surface area (Å²) in [6.07, 6.45) is 10.8. The Labute approximate surface area is 354 Å². The summed E-state index contributed by atoms with van der Waals surface area (Å²) in [4.78, 5) is 0. The predicted octanol–water partition coefficient (Wildman–Crippen LogP) is 15.6. The van der Waals surface area contributed by atoms with Crippen molar-refractivity contribution in [1.29, 1.82) is 0 Å². The number of para-hydroxylation sites is 4. The van der Waals surface area contributed by atoms with E-state index < -0.39 is 0 Å². The van der Waals surface area contributed by atoms with Gasteiger partial charge in [0, 0.05) is 38.3 Å². The summed E-state index contributed by atoms with van der Waals surface area (Å²) in [5.41, 5.74) is 12.8. The zero-order valence-electron chi connectivity index (χ0n) is 34.4. The van der Waals surface area contributed by atoms with Crippen LogP contribution in [-0.4, -0.2) is 9.13 Å². The maximum absolute atomic E-state index is 2.48. The smallest absolute Gasteiger partial charge is 0.0541 e. The molecule has 294 valence electrons. The van der Waals surface area contributed by atoms with Gasteiger partial charge in [0.15, 0.2) is 0 Å². The molecule has 10 rings (SSSR count). The normalized spacial score (nSPS) is 11.9. The fourth-order valence-corrected chi connectivity index (χ4v) is 10.2. The van der Waals surface area contributed by atoms with Crippen molar-refractivity contribution in [1.82, 2.24) is 9.13 Å². The lowest BCUT2D eigenvalue weighted by atomic mass is 9.66. The minimum absolute atomic E-state index is 0.157. The maximum Gasteiger partial charge on any atom is 0.0541 e. The monoisotopic (exact) mass is 776 g/mol. The second-order valence-electron chi connectivity index (χ2n) is 16.6. The van der Waals surface area contributed by atoms with E-state index in [9.17, 15) is 0 Å². The average Bonchev–Trinajstić information content (AvgIpc) is 3.84. The number of nitrogens with zero attached hydrogens (tertiary/aromatic N) is 2. The van der Waals surface area contributed by atoms with Crippen molar-refractivity contribution < 1.29 is 0 Å². The molecule has 2 nitrogen and oxygen atoms in total. The van der Waals surface area contributed by atoms with E-state index in [1.807, 2.05) is 0 Å². The summed E-state index contributed by atoms with van der Waals surface area (Å²) in [5.74, 6) is 0. The lowest BCUT2D eigenvalue weighted by Gasteiger charge is -2.36. The second kappa shape index (κ2) is 16.9. The van der Waals surface area contributed by atoms with E-state index >= 15 is 0 Å². The van der Waals surface area contributed by atoms with E-state index in [1.165, 1.54) is 122 Å². The predicted molar refractivity (Wildman–Crippen MR) is 255 cm³/mol. The van der Waals surface area contributed by atoms with Gasteiger partial charge in [-0.25, -0.2) is 0 Å². The second-order valence-corrected chi connectivity index (χ2v) is 16.6. The van der Waals surface area contributed by atoms with Crippen LogP contribution in [0.1, 0.15) is 73.6 Å². The number of fused-ring (bicyclic) bond motifs is 6. The lowest BCUT2D eigenvalue weighted by molar-refractivity contribution is 0.495. The Morgan fingerprint density at radius 2 is 0.617 bits per heavy atom. The number of benzene rings is 8. The molecule has 0 unspecified atom stereocenters. The molecule has 0 aliphatic heterocycles. The molecule has 0 saturated carbocycles. The SMILES string of the molecule is c1ccc(C(CCCCCCCCCc2cc(-n3c4ccccc4c4ccccc43)cc(-n3c4ccccc4c4ccccc43)c2)(c2ccccc2)c2ccccc2)cc1. The van der Waals surface area contributed by atoms with Gasteiger partial charge < -0.3 is 9.13 Å². The summed E-state index contributed by atoms with van der Waals surface area (Å²) in [5, 5.41) is 5.18. The van der Waals surface area contributed by atoms with Crippen LogP contribution in [-0.2, 0) is 11.8 Å². The first-order chi connectivity index (χ1) is 29.8. The molecule has 0 atom stereocenters. The van der Waals surface area contributed by atoms with Gasteiger partial charge in [-0.15, -0.1) is 0 Å². The van der Waals surface area contributed by atoms with Crippen LogP contribution >= 0.6 is 0 Å². The fraction of sp³-hybridized carbons (Fsp3) is 0.172. The summed E-state index contributed by atoms with van der Waals surface area (Å²) in [7, 11) is 0. The Bertz CT molecular complexity index is 2670. The molecule has 0 N–H and O–H groups in total. The van der Waals surface area contributed by atoms with E-state index in [0.29, 0.717) is 0 Å². The highest BCUT2D eigenvalue weighted by atomic mass is 15.0. The first kappa shape index (κ1) is 37.6. The van der Waals surface area contributed by atoms with Gasteiger partial charge in [0.2, 0.25) is 0 Å². The van der Waals surface area contributed by atoms with Crippen LogP contribution in [0.4, 0.5) is 0 Å². The Kier molecular flexibility index (Phi) is 10.6. The topological polar surface area (TPSA) is 9.86 Å². The van der Waals surface area contributed by atoms with Crippen LogP contribution in [0, 0.1) is 0 Å². The highest BCUT2D eigenvalue weighted by Crippen LogP contribution is 2.44. The zero-order chi connectivity index (χ0) is 40.1. The van der Waals surface area contributed by atoms with Gasteiger partial charge in [0.1, 0.15) is 0 Å². The number of unbranched alkanes of at least 4 members (excludes halogenated alkanes) is 6. The van der Waals surface area contributed by atoms with Gasteiger partial charge >= 0.3 is 0 Å². The number of aryl methyl sites for hydroxylation is 1. The molecule has 0 bridgehead atoms. The highest BCUT2D eigenvalue weighted by Gasteiger charge is 2.35. The molecular formula is C58H52N2. The van der Waals surface area contributed by atoms with Gasteiger partial charge in [0.05, 0.1) is 22.1 Å². The van der Waals surface area contributed by atoms with E-state index in [1.54, 1.807) is 0 Å². The molecule has 2 heteroatoms. The Morgan fingerprint density at radius 1 is 0.300 bits per heavy atom. The van der Waals surface area contributed by atoms with Gasteiger partial charge in [0.25, 0.3) is 0 Å². The van der Waals surface area contributed by atoms with Gasteiger partial charge in [-0.05, 0) is 84.0 Å². The molecule has 60 heavy (non-hydrogen) atoms. The van der Waals surface area contributed by atoms with Crippen LogP contribution in [0.2, 0.25) is 0 Å². The van der Waals surface area contributed by atoms with Crippen molar-refractivity contribution in [2.75, 3.05) is 0 Å².